The summed E-state index contributed by atoms with van der Waals surface area (Å²) in [7, 11) is 24.6. The van der Waals surface area contributed by atoms with Gasteiger partial charge in [-0.1, -0.05) is 0 Å². The van der Waals surface area contributed by atoms with Crippen LogP contribution >= 0.6 is 0 Å². The van der Waals surface area contributed by atoms with Crippen molar-refractivity contribution in [3.63, 3.8) is 0 Å². The molecule has 0 aliphatic rings. The van der Waals surface area contributed by atoms with E-state index in [1.807, 2.05) is 0 Å². The Labute approximate surface area is 182 Å². The van der Waals surface area contributed by atoms with E-state index >= 15 is 0 Å². The molecule has 0 bridgehead atoms. The van der Waals surface area contributed by atoms with Crippen LogP contribution in [0, 0.1) is 0 Å². The quantitative estimate of drug-likeness (QED) is 0.384. The first kappa shape index (κ1) is 35.1. The molecule has 0 aromatic heterocycles. The lowest BCUT2D eigenvalue weighted by Gasteiger charge is -2.21. The van der Waals surface area contributed by atoms with Crippen molar-refractivity contribution >= 4 is 0 Å². The monoisotopic (exact) mass is 424 g/mol. The molecule has 0 spiro atoms. The molecule has 0 aliphatic carbocycles. The van der Waals surface area contributed by atoms with E-state index in [1.54, 1.807) is 0 Å². The normalized spacial score (nSPS) is 12.0. The van der Waals surface area contributed by atoms with Crippen LogP contribution in [0.1, 0.15) is 5.71 Å². The summed E-state index contributed by atoms with van der Waals surface area (Å²) in [5.41, 5.74) is 0. The van der Waals surface area contributed by atoms with E-state index in [4.69, 9.17) is 20.4 Å². The molecule has 0 aliphatic heterocycles. The van der Waals surface area contributed by atoms with E-state index in [1.165, 1.54) is 0 Å². The summed E-state index contributed by atoms with van der Waals surface area (Å²) in [4.78, 5) is 0. The van der Waals surface area contributed by atoms with Gasteiger partial charge in [0.1, 0.15) is 26.2 Å². The summed E-state index contributed by atoms with van der Waals surface area (Å²) in [5.74, 6) is 0. The van der Waals surface area contributed by atoms with Crippen molar-refractivity contribution in [1.29, 1.82) is 0 Å². The fourth-order valence-corrected chi connectivity index (χ4v) is 1.20. The number of aliphatic hydroxyl groups excluding tert-OH is 4. The maximum Gasteiger partial charge on any atom is 0.101 e. The number of hydrogen-bond acceptors (Lipinski definition) is 4. The zero-order chi connectivity index (χ0) is 23.7. The number of rotatable bonds is 8. The first-order valence-electron chi connectivity index (χ1n) is 9.90. The Balaban J connectivity index is -0.0000000384. The molecule has 0 aromatic rings. The lowest BCUT2D eigenvalue weighted by molar-refractivity contribution is -0.870. The lowest BCUT2D eigenvalue weighted by Crippen LogP contribution is -2.36. The van der Waals surface area contributed by atoms with E-state index in [0.717, 1.165) is 44.1 Å². The molecule has 0 atom stereocenters. The molecule has 0 saturated heterocycles. The van der Waals surface area contributed by atoms with Crippen LogP contribution in [0.3, 0.4) is 0 Å². The first-order chi connectivity index (χ1) is 12.2. The number of hydrogen-bond donors (Lipinski definition) is 4. The van der Waals surface area contributed by atoms with Crippen molar-refractivity contribution in [2.45, 2.75) is 0 Å². The third kappa shape index (κ3) is 63.6. The molecule has 4 N–H and O–H groups in total. The molecule has 0 amide bonds. The zero-order valence-electron chi connectivity index (χ0n) is 25.2. The maximum atomic E-state index is 8.39. The van der Waals surface area contributed by atoms with E-state index in [0.29, 0.717) is 0 Å². The van der Waals surface area contributed by atoms with Crippen LogP contribution in [0.15, 0.2) is 0 Å². The summed E-state index contributed by atoms with van der Waals surface area (Å²) in [5, 5.41) is 33.5. The van der Waals surface area contributed by atoms with Crippen LogP contribution in [-0.4, -0.2) is 176 Å². The van der Waals surface area contributed by atoms with Gasteiger partial charge in [0.25, 0.3) is 0 Å². The van der Waals surface area contributed by atoms with Gasteiger partial charge in [0.15, 0.2) is 0 Å². The average molecular weight is 425 g/mol. The van der Waals surface area contributed by atoms with Gasteiger partial charge in [-0.2, -0.15) is 0 Å². The molecule has 0 rings (SSSR count). The molecule has 0 fully saturated rings. The standard InChI is InChI=1S/4C5H14NO.4H/c4*1-6(2,3)4-5-7;;;;/h4*7H,4-5H2,1-3H3;;;;/q4*+1;4*-1/i;;;;4*1+1. The Hall–Kier alpha value is -0.320. The Morgan fingerprint density at radius 3 is 0.464 bits per heavy atom. The second-order valence-corrected chi connectivity index (χ2v) is 11.0. The van der Waals surface area contributed by atoms with Gasteiger partial charge in [0.2, 0.25) is 0 Å². The first-order valence-corrected chi connectivity index (χ1v) is 9.90. The van der Waals surface area contributed by atoms with E-state index in [-0.39, 0.29) is 32.1 Å². The van der Waals surface area contributed by atoms with E-state index in [2.05, 4.69) is 84.6 Å². The van der Waals surface area contributed by atoms with Gasteiger partial charge >= 0.3 is 0 Å². The molecule has 28 heavy (non-hydrogen) atoms. The minimum Gasteiger partial charge on any atom is -1.00 e. The molecule has 0 heterocycles. The second kappa shape index (κ2) is 17.5. The average Bonchev–Trinajstić information content (AvgIpc) is 2.34. The summed E-state index contributed by atoms with van der Waals surface area (Å²) < 4.78 is 3.38. The Morgan fingerprint density at radius 2 is 0.464 bits per heavy atom. The number of aliphatic hydroxyl groups is 4. The molecule has 0 unspecified atom stereocenters. The molecule has 0 radical (unpaired) electrons. The highest BCUT2D eigenvalue weighted by molar-refractivity contribution is 4.20. The van der Waals surface area contributed by atoms with Crippen molar-refractivity contribution in [3.8, 4) is 0 Å². The van der Waals surface area contributed by atoms with E-state index < -0.39 is 0 Å². The summed E-state index contributed by atoms with van der Waals surface area (Å²) in [6, 6.07) is 0. The Kier molecular flexibility index (Phi) is 22.0. The smallest absolute Gasteiger partial charge is 0.101 e. The van der Waals surface area contributed by atoms with Crippen molar-refractivity contribution in [2.24, 2.45) is 0 Å². The molecular weight excluding hydrogens is 360 g/mol. The fraction of sp³-hybridized carbons (Fsp3) is 1.00. The van der Waals surface area contributed by atoms with Crippen molar-refractivity contribution in [2.75, 3.05) is 137 Å². The third-order valence-electron chi connectivity index (χ3n) is 3.08. The number of nitrogens with zero attached hydrogens (tertiary/aromatic N) is 4. The van der Waals surface area contributed by atoms with Crippen molar-refractivity contribution in [1.82, 2.24) is 0 Å². The topological polar surface area (TPSA) is 80.9 Å². The zero-order valence-corrected chi connectivity index (χ0v) is 21.2. The molecule has 0 aromatic carbocycles. The number of quaternary nitrogens is 4. The van der Waals surface area contributed by atoms with Gasteiger partial charge in [-0.3, -0.25) is 0 Å². The number of likely N-dealkylation sites (N-methyl/N-ethyl adjacent to an activating group) is 4. The van der Waals surface area contributed by atoms with Crippen molar-refractivity contribution in [3.05, 3.63) is 0 Å². The van der Waals surface area contributed by atoms with Crippen LogP contribution in [-0.2, 0) is 0 Å². The van der Waals surface area contributed by atoms with Gasteiger partial charge < -0.3 is 44.1 Å². The Bertz CT molecular complexity index is 268. The highest BCUT2D eigenvalue weighted by atomic mass is 16.3. The molecule has 0 saturated carbocycles. The minimum absolute atomic E-state index is 0. The Morgan fingerprint density at radius 1 is 0.357 bits per heavy atom. The van der Waals surface area contributed by atoms with Gasteiger partial charge in [0.05, 0.1) is 111 Å². The molecule has 8 nitrogen and oxygen atoms in total. The van der Waals surface area contributed by atoms with Crippen molar-refractivity contribution < 1.29 is 44.1 Å². The maximum absolute atomic E-state index is 8.39. The predicted octanol–water partition coefficient (Wildman–Crippen LogP) is -0.810. The van der Waals surface area contributed by atoms with Gasteiger partial charge in [-0.15, -0.1) is 0 Å². The summed E-state index contributed by atoms with van der Waals surface area (Å²) in [6.07, 6.45) is 0. The third-order valence-corrected chi connectivity index (χ3v) is 3.08. The fourth-order valence-electron chi connectivity index (χ4n) is 1.20. The largest absolute Gasteiger partial charge is 1.00 e. The van der Waals surface area contributed by atoms with Gasteiger partial charge in [-0.05, 0) is 0 Å². The lowest BCUT2D eigenvalue weighted by atomic mass is 10.5. The van der Waals surface area contributed by atoms with Crippen LogP contribution in [0.2, 0.25) is 0 Å². The highest BCUT2D eigenvalue weighted by Gasteiger charge is 2.03. The highest BCUT2D eigenvalue weighted by Crippen LogP contribution is 1.86. The molecule has 8 heteroatoms. The SMILES string of the molecule is C[N+](C)(C)CCO.C[N+](C)(C)CCO.C[N+](C)(C)CCO.C[N+](C)(C)CCO.[2H-].[2H-].[2H-].[2H-]. The summed E-state index contributed by atoms with van der Waals surface area (Å²) >= 11 is 0. The minimum atomic E-state index is 0. The van der Waals surface area contributed by atoms with Gasteiger partial charge in [-0.25, -0.2) is 0 Å². The second-order valence-electron chi connectivity index (χ2n) is 11.0. The van der Waals surface area contributed by atoms with Crippen LogP contribution < -0.4 is 0 Å². The molecule has 184 valence electrons. The van der Waals surface area contributed by atoms with Crippen LogP contribution in [0.5, 0.6) is 0 Å². The van der Waals surface area contributed by atoms with Crippen LogP contribution in [0.4, 0.5) is 0 Å². The summed E-state index contributed by atoms with van der Waals surface area (Å²) in [6.45, 7) is 4.46. The van der Waals surface area contributed by atoms with E-state index in [9.17, 15) is 0 Å². The van der Waals surface area contributed by atoms with Gasteiger partial charge in [0, 0.05) is 0 Å². The predicted molar refractivity (Wildman–Crippen MR) is 124 cm³/mol. The van der Waals surface area contributed by atoms with Crippen LogP contribution in [0.25, 0.3) is 0 Å². The molecular formula is C20H60N4O4.